The van der Waals surface area contributed by atoms with E-state index in [2.05, 4.69) is 19.9 Å². The second-order valence-electron chi connectivity index (χ2n) is 9.65. The van der Waals surface area contributed by atoms with Crippen LogP contribution in [0.1, 0.15) is 36.6 Å². The Kier molecular flexibility index (Phi) is 6.19. The molecule has 2 aromatic carbocycles. The van der Waals surface area contributed by atoms with E-state index in [0.29, 0.717) is 42.0 Å². The normalized spacial score (nSPS) is 18.2. The Balaban J connectivity index is 1.31. The van der Waals surface area contributed by atoms with E-state index in [1.165, 1.54) is 24.5 Å². The molecule has 0 spiro atoms. The maximum absolute atomic E-state index is 14.2. The summed E-state index contributed by atoms with van der Waals surface area (Å²) in [7, 11) is -8.42. The second-order valence-corrected chi connectivity index (χ2v) is 13.1. The van der Waals surface area contributed by atoms with Crippen molar-refractivity contribution >= 4 is 36.9 Å². The van der Waals surface area contributed by atoms with Gasteiger partial charge in [-0.2, -0.15) is 0 Å². The number of aromatic nitrogens is 5. The van der Waals surface area contributed by atoms with Crippen molar-refractivity contribution in [1.29, 1.82) is 0 Å². The lowest BCUT2D eigenvalue weighted by atomic mass is 10.1. The summed E-state index contributed by atoms with van der Waals surface area (Å²) in [4.78, 5) is 3.43. The molecule has 10 nitrogen and oxygen atoms in total. The van der Waals surface area contributed by atoms with Gasteiger partial charge in [0.1, 0.15) is 10.7 Å². The largest absolute Gasteiger partial charge is 0.274 e. The third-order valence-corrected chi connectivity index (χ3v) is 10.3. The van der Waals surface area contributed by atoms with E-state index in [-0.39, 0.29) is 22.9 Å². The first-order valence-corrected chi connectivity index (χ1v) is 15.1. The molecular weight excluding hydrogens is 569 g/mol. The predicted molar refractivity (Wildman–Crippen MR) is 137 cm³/mol. The van der Waals surface area contributed by atoms with Crippen molar-refractivity contribution in [2.24, 2.45) is 0 Å². The standard InChI is InChI=1S/C25H21F3N6O4S2/c1-14-2-6-17(7-3-14)40(37,38)33-11-10-19-25(33)29-13-21-30-31-24(34(19)21)15-4-5-16(12-15)32-39(35,36)20-9-8-18(26)22(27)23(20)28/h2-3,6-11,13,15-16,32H,4-5,12H2,1H3/t15-,16+/m1/s1. The van der Waals surface area contributed by atoms with Gasteiger partial charge in [-0.3, -0.25) is 4.40 Å². The van der Waals surface area contributed by atoms with Gasteiger partial charge in [0.05, 0.1) is 16.6 Å². The first-order valence-electron chi connectivity index (χ1n) is 12.2. The van der Waals surface area contributed by atoms with Crippen molar-refractivity contribution in [3.05, 3.63) is 83.7 Å². The summed E-state index contributed by atoms with van der Waals surface area (Å²) < 4.78 is 98.4. The molecular formula is C25H21F3N6O4S2. The van der Waals surface area contributed by atoms with E-state index in [9.17, 15) is 30.0 Å². The molecule has 15 heteroatoms. The maximum atomic E-state index is 14.2. The number of nitrogens with one attached hydrogen (secondary N) is 1. The van der Waals surface area contributed by atoms with Crippen molar-refractivity contribution in [2.75, 3.05) is 0 Å². The Hall–Kier alpha value is -3.82. The molecule has 1 N–H and O–H groups in total. The van der Waals surface area contributed by atoms with Gasteiger partial charge in [-0.1, -0.05) is 17.7 Å². The highest BCUT2D eigenvalue weighted by Gasteiger charge is 2.34. The first-order chi connectivity index (χ1) is 19.0. The van der Waals surface area contributed by atoms with E-state index in [1.54, 1.807) is 22.6 Å². The molecule has 1 fully saturated rings. The summed E-state index contributed by atoms with van der Waals surface area (Å²) in [6, 6.07) is 8.62. The lowest BCUT2D eigenvalue weighted by molar-refractivity contribution is 0.431. The summed E-state index contributed by atoms with van der Waals surface area (Å²) in [5.41, 5.74) is 1.90. The highest BCUT2D eigenvalue weighted by molar-refractivity contribution is 7.90. The molecule has 0 radical (unpaired) electrons. The topological polar surface area (TPSA) is 128 Å². The van der Waals surface area contributed by atoms with Gasteiger partial charge in [0.15, 0.2) is 28.7 Å². The zero-order valence-corrected chi connectivity index (χ0v) is 22.4. The molecule has 6 rings (SSSR count). The highest BCUT2D eigenvalue weighted by Crippen LogP contribution is 2.36. The number of benzene rings is 2. The number of aryl methyl sites for hydroxylation is 1. The molecule has 1 aliphatic rings. The summed E-state index contributed by atoms with van der Waals surface area (Å²) in [5.74, 6) is -4.95. The van der Waals surface area contributed by atoms with Gasteiger partial charge in [0.25, 0.3) is 10.0 Å². The number of hydrogen-bond acceptors (Lipinski definition) is 7. The van der Waals surface area contributed by atoms with Gasteiger partial charge in [-0.15, -0.1) is 10.2 Å². The zero-order valence-electron chi connectivity index (χ0n) is 20.8. The van der Waals surface area contributed by atoms with Crippen LogP contribution in [0.25, 0.3) is 16.8 Å². The fourth-order valence-electron chi connectivity index (χ4n) is 5.06. The molecule has 0 aliphatic heterocycles. The van der Waals surface area contributed by atoms with E-state index in [1.807, 2.05) is 6.92 Å². The number of fused-ring (bicyclic) bond motifs is 3. The predicted octanol–water partition coefficient (Wildman–Crippen LogP) is 3.66. The molecule has 1 aliphatic carbocycles. The van der Waals surface area contributed by atoms with Crippen LogP contribution in [0.3, 0.4) is 0 Å². The number of hydrogen-bond donors (Lipinski definition) is 1. The van der Waals surface area contributed by atoms with E-state index in [4.69, 9.17) is 0 Å². The van der Waals surface area contributed by atoms with Crippen LogP contribution in [0.5, 0.6) is 0 Å². The fourth-order valence-corrected chi connectivity index (χ4v) is 7.71. The lowest BCUT2D eigenvalue weighted by Crippen LogP contribution is -2.33. The molecule has 3 heterocycles. The average Bonchev–Trinajstić information content (AvgIpc) is 3.64. The Morgan fingerprint density at radius 2 is 1.68 bits per heavy atom. The van der Waals surface area contributed by atoms with Crippen molar-refractivity contribution in [2.45, 2.75) is 47.9 Å². The number of rotatable bonds is 6. The molecule has 0 bridgehead atoms. The summed E-state index contributed by atoms with van der Waals surface area (Å²) in [6.45, 7) is 1.85. The van der Waals surface area contributed by atoms with Gasteiger partial charge in [-0.25, -0.2) is 43.7 Å². The van der Waals surface area contributed by atoms with E-state index in [0.717, 1.165) is 9.54 Å². The SMILES string of the molecule is Cc1ccc(S(=O)(=O)n2ccc3c2ncc2nnc([C@@H]4CC[C@H](NS(=O)(=O)c5ccc(F)c(F)c5F)C4)n23)cc1. The minimum atomic E-state index is -4.48. The van der Waals surface area contributed by atoms with Crippen molar-refractivity contribution in [3.8, 4) is 0 Å². The van der Waals surface area contributed by atoms with Crippen LogP contribution in [0.2, 0.25) is 0 Å². The van der Waals surface area contributed by atoms with Crippen LogP contribution in [0.15, 0.2) is 64.6 Å². The minimum absolute atomic E-state index is 0.102. The van der Waals surface area contributed by atoms with E-state index >= 15 is 0 Å². The summed E-state index contributed by atoms with van der Waals surface area (Å²) in [5, 5.41) is 8.43. The summed E-state index contributed by atoms with van der Waals surface area (Å²) >= 11 is 0. The van der Waals surface area contributed by atoms with Gasteiger partial charge >= 0.3 is 0 Å². The summed E-state index contributed by atoms with van der Waals surface area (Å²) in [6.07, 6.45) is 3.91. The third-order valence-electron chi connectivity index (χ3n) is 7.05. The first kappa shape index (κ1) is 26.4. The minimum Gasteiger partial charge on any atom is -0.274 e. The second kappa shape index (κ2) is 9.38. The van der Waals surface area contributed by atoms with Crippen LogP contribution in [-0.4, -0.2) is 46.4 Å². The third kappa shape index (κ3) is 4.24. The van der Waals surface area contributed by atoms with Gasteiger partial charge in [0, 0.05) is 18.2 Å². The van der Waals surface area contributed by atoms with Crippen molar-refractivity contribution in [3.63, 3.8) is 0 Å². The molecule has 208 valence electrons. The Morgan fingerprint density at radius 3 is 2.42 bits per heavy atom. The molecule has 5 aromatic rings. The monoisotopic (exact) mass is 590 g/mol. The average molecular weight is 591 g/mol. The lowest BCUT2D eigenvalue weighted by Gasteiger charge is -2.14. The van der Waals surface area contributed by atoms with Gasteiger partial charge < -0.3 is 0 Å². The van der Waals surface area contributed by atoms with Crippen LogP contribution < -0.4 is 4.72 Å². The molecule has 2 atom stereocenters. The molecule has 0 amide bonds. The molecule has 0 saturated heterocycles. The van der Waals surface area contributed by atoms with Gasteiger partial charge in [-0.05, 0) is 56.5 Å². The maximum Gasteiger partial charge on any atom is 0.269 e. The van der Waals surface area contributed by atoms with Gasteiger partial charge in [0.2, 0.25) is 10.0 Å². The van der Waals surface area contributed by atoms with Crippen LogP contribution in [-0.2, 0) is 20.0 Å². The quantitative estimate of drug-likeness (QED) is 0.299. The smallest absolute Gasteiger partial charge is 0.269 e. The van der Waals surface area contributed by atoms with Crippen molar-refractivity contribution in [1.82, 2.24) is 28.3 Å². The number of halogens is 3. The van der Waals surface area contributed by atoms with Crippen LogP contribution in [0.4, 0.5) is 13.2 Å². The fraction of sp³-hybridized carbons (Fsp3) is 0.240. The highest BCUT2D eigenvalue weighted by atomic mass is 32.2. The molecule has 0 unspecified atom stereocenters. The van der Waals surface area contributed by atoms with Crippen LogP contribution in [0, 0.1) is 24.4 Å². The molecule has 1 saturated carbocycles. The Labute approximate surface area is 226 Å². The zero-order chi connectivity index (χ0) is 28.4. The number of sulfonamides is 1. The molecule has 40 heavy (non-hydrogen) atoms. The van der Waals surface area contributed by atoms with E-state index < -0.39 is 48.4 Å². The Morgan fingerprint density at radius 1 is 0.925 bits per heavy atom. The van der Waals surface area contributed by atoms with Crippen molar-refractivity contribution < 1.29 is 30.0 Å². The number of nitrogens with zero attached hydrogens (tertiary/aromatic N) is 5. The van der Waals surface area contributed by atoms with Crippen LogP contribution >= 0.6 is 0 Å². The molecule has 3 aromatic heterocycles. The Bertz CT molecular complexity index is 2010.